The predicted octanol–water partition coefficient (Wildman–Crippen LogP) is 4.55. The molecule has 0 aliphatic carbocycles. The average Bonchev–Trinajstić information content (AvgIpc) is 2.96. The van der Waals surface area contributed by atoms with Gasteiger partial charge in [0.1, 0.15) is 5.37 Å². The van der Waals surface area contributed by atoms with E-state index in [1.165, 1.54) is 28.4 Å². The average molecular weight is 467 g/mol. The monoisotopic (exact) mass is 466 g/mol. The van der Waals surface area contributed by atoms with Crippen molar-refractivity contribution in [2.75, 3.05) is 5.75 Å². The van der Waals surface area contributed by atoms with E-state index in [0.717, 1.165) is 12.1 Å². The van der Waals surface area contributed by atoms with Crippen LogP contribution in [0.25, 0.3) is 0 Å². The van der Waals surface area contributed by atoms with Gasteiger partial charge in [0.25, 0.3) is 0 Å². The Bertz CT molecular complexity index is 854. The highest BCUT2D eigenvalue weighted by Crippen LogP contribution is 2.54. The van der Waals surface area contributed by atoms with Gasteiger partial charge >= 0.3 is 5.97 Å². The number of aliphatic carboxylic acids is 1. The van der Waals surface area contributed by atoms with Crippen LogP contribution in [0, 0.1) is 5.92 Å². The van der Waals surface area contributed by atoms with Crippen LogP contribution in [-0.4, -0.2) is 52.4 Å². The number of amides is 1. The number of carbonyl (C=O) groups excluding carboxylic acids is 1. The van der Waals surface area contributed by atoms with E-state index in [1.54, 1.807) is 6.20 Å². The molecule has 9 heteroatoms. The summed E-state index contributed by atoms with van der Waals surface area (Å²) < 4.78 is 7.16. The molecule has 1 N–H and O–H groups in total. The first-order valence-corrected chi connectivity index (χ1v) is 14.9. The van der Waals surface area contributed by atoms with Crippen LogP contribution in [0.15, 0.2) is 34.3 Å². The maximum Gasteiger partial charge on any atom is 0.354 e. The molecule has 1 amide bonds. The molecule has 0 radical (unpaired) electrons. The molecule has 164 valence electrons. The van der Waals surface area contributed by atoms with E-state index >= 15 is 0 Å². The topological polar surface area (TPSA) is 79.7 Å². The lowest BCUT2D eigenvalue weighted by Crippen LogP contribution is -2.62. The lowest BCUT2D eigenvalue weighted by atomic mass is 9.92. The van der Waals surface area contributed by atoms with Crippen LogP contribution in [0.5, 0.6) is 0 Å². The second kappa shape index (κ2) is 8.68. The van der Waals surface area contributed by atoms with Gasteiger partial charge in [-0.15, -0.1) is 11.8 Å². The number of aromatic nitrogens is 1. The first-order valence-electron chi connectivity index (χ1n) is 10.1. The van der Waals surface area contributed by atoms with Gasteiger partial charge in [-0.2, -0.15) is 0 Å². The molecule has 0 spiro atoms. The molecule has 0 unspecified atom stereocenters. The number of carbonyl (C=O) groups is 2. The zero-order chi connectivity index (χ0) is 22.3. The Morgan fingerprint density at radius 3 is 2.67 bits per heavy atom. The van der Waals surface area contributed by atoms with Gasteiger partial charge in [0.2, 0.25) is 5.91 Å². The van der Waals surface area contributed by atoms with Crippen molar-refractivity contribution in [3.05, 3.63) is 40.0 Å². The van der Waals surface area contributed by atoms with Crippen LogP contribution in [0.3, 0.4) is 0 Å². The van der Waals surface area contributed by atoms with Crippen LogP contribution in [-0.2, 0) is 20.4 Å². The minimum absolute atomic E-state index is 0.0491. The highest BCUT2D eigenvalue weighted by Gasteiger charge is 2.59. The largest absolute Gasteiger partial charge is 0.477 e. The van der Waals surface area contributed by atoms with Crippen molar-refractivity contribution in [3.63, 3.8) is 0 Å². The summed E-state index contributed by atoms with van der Waals surface area (Å²) in [4.78, 5) is 30.6. The van der Waals surface area contributed by atoms with Gasteiger partial charge in [0.05, 0.1) is 16.3 Å². The molecule has 3 heterocycles. The van der Waals surface area contributed by atoms with E-state index in [0.29, 0.717) is 9.99 Å². The summed E-state index contributed by atoms with van der Waals surface area (Å²) in [7, 11) is -2.02. The predicted molar refractivity (Wildman–Crippen MR) is 125 cm³/mol. The SMILES string of the molecule is C[C@H](O[Si](C)(C)C(C)(C)C)[C@@H]1C(=O)N2C(C(=O)O)=C(SCCc3ccccn3)S[C@H]12. The first-order chi connectivity index (χ1) is 13.9. The lowest BCUT2D eigenvalue weighted by molar-refractivity contribution is -0.156. The van der Waals surface area contributed by atoms with Crippen molar-refractivity contribution in [3.8, 4) is 0 Å². The minimum atomic E-state index is -2.02. The molecule has 2 aliphatic heterocycles. The van der Waals surface area contributed by atoms with E-state index in [4.69, 9.17) is 4.43 Å². The summed E-state index contributed by atoms with van der Waals surface area (Å²) in [5, 5.41) is 9.60. The van der Waals surface area contributed by atoms with Gasteiger partial charge in [-0.25, -0.2) is 4.79 Å². The van der Waals surface area contributed by atoms with Gasteiger partial charge in [-0.05, 0) is 43.6 Å². The van der Waals surface area contributed by atoms with Crippen LogP contribution in [0.4, 0.5) is 0 Å². The third-order valence-corrected chi connectivity index (χ3v) is 13.3. The smallest absolute Gasteiger partial charge is 0.354 e. The van der Waals surface area contributed by atoms with Crippen LogP contribution >= 0.6 is 23.5 Å². The zero-order valence-electron chi connectivity index (χ0n) is 18.3. The Morgan fingerprint density at radius 2 is 2.10 bits per heavy atom. The van der Waals surface area contributed by atoms with Crippen LogP contribution < -0.4 is 0 Å². The standard InChI is InChI=1S/C21H30N2O4S2Si/c1-13(27-30(5,6)21(2,3)4)15-17(24)23-16(19(25)26)20(29-18(15)23)28-12-10-14-9-7-8-11-22-14/h7-9,11,13,15,18H,10,12H2,1-6H3,(H,25,26)/t13-,15+,18+/m0/s1. The Morgan fingerprint density at radius 1 is 1.40 bits per heavy atom. The van der Waals surface area contributed by atoms with Crippen LogP contribution in [0.2, 0.25) is 18.1 Å². The number of β-lactam (4-membered cyclic amide) rings is 1. The van der Waals surface area contributed by atoms with Crippen molar-refractivity contribution >= 4 is 43.7 Å². The van der Waals surface area contributed by atoms with Crippen molar-refractivity contribution in [2.24, 2.45) is 5.92 Å². The normalized spacial score (nSPS) is 22.7. The van der Waals surface area contributed by atoms with Gasteiger partial charge in [0, 0.05) is 17.6 Å². The molecule has 1 aromatic heterocycles. The first kappa shape index (κ1) is 23.4. The third-order valence-electron chi connectivity index (χ3n) is 6.06. The highest BCUT2D eigenvalue weighted by molar-refractivity contribution is 8.22. The number of rotatable bonds is 8. The maximum absolute atomic E-state index is 12.9. The Hall–Kier alpha value is -1.29. The highest BCUT2D eigenvalue weighted by atomic mass is 32.2. The van der Waals surface area contributed by atoms with Crippen molar-refractivity contribution in [2.45, 2.75) is 63.7 Å². The fourth-order valence-corrected chi connectivity index (χ4v) is 7.73. The van der Waals surface area contributed by atoms with Gasteiger partial charge in [-0.1, -0.05) is 38.6 Å². The molecule has 2 aliphatic rings. The zero-order valence-corrected chi connectivity index (χ0v) is 21.0. The Labute approximate surface area is 188 Å². The second-order valence-electron chi connectivity index (χ2n) is 9.19. The molecule has 0 aromatic carbocycles. The number of fused-ring (bicyclic) bond motifs is 1. The van der Waals surface area contributed by atoms with Crippen molar-refractivity contribution in [1.82, 2.24) is 9.88 Å². The number of thioether (sulfide) groups is 2. The number of hydrogen-bond donors (Lipinski definition) is 1. The second-order valence-corrected chi connectivity index (χ2v) is 16.4. The number of aryl methyl sites for hydroxylation is 1. The van der Waals surface area contributed by atoms with E-state index in [9.17, 15) is 14.7 Å². The number of carboxylic acid groups (broad SMARTS) is 1. The van der Waals surface area contributed by atoms with Crippen molar-refractivity contribution in [1.29, 1.82) is 0 Å². The molecular weight excluding hydrogens is 436 g/mol. The molecule has 3 atom stereocenters. The molecule has 3 rings (SSSR count). The summed E-state index contributed by atoms with van der Waals surface area (Å²) in [6, 6.07) is 5.78. The van der Waals surface area contributed by atoms with E-state index in [-0.39, 0.29) is 34.0 Å². The lowest BCUT2D eigenvalue weighted by Gasteiger charge is -2.48. The number of pyridine rings is 1. The molecule has 6 nitrogen and oxygen atoms in total. The van der Waals surface area contributed by atoms with Crippen LogP contribution in [0.1, 0.15) is 33.4 Å². The molecule has 0 saturated carbocycles. The maximum atomic E-state index is 12.9. The third kappa shape index (κ3) is 4.49. The molecular formula is C21H30N2O4S2Si. The molecule has 1 saturated heterocycles. The number of hydrogen-bond acceptors (Lipinski definition) is 6. The number of nitrogens with zero attached hydrogens (tertiary/aromatic N) is 2. The van der Waals surface area contributed by atoms with E-state index in [2.05, 4.69) is 38.8 Å². The quantitative estimate of drug-likeness (QED) is 0.444. The van der Waals surface area contributed by atoms with Crippen molar-refractivity contribution < 1.29 is 19.1 Å². The Kier molecular flexibility index (Phi) is 6.76. The van der Waals surface area contributed by atoms with Gasteiger partial charge in [0.15, 0.2) is 14.0 Å². The molecule has 1 aromatic rings. The molecule has 0 bridgehead atoms. The fourth-order valence-electron chi connectivity index (χ4n) is 3.35. The summed E-state index contributed by atoms with van der Waals surface area (Å²) >= 11 is 2.98. The van der Waals surface area contributed by atoms with E-state index < -0.39 is 14.3 Å². The molecule has 1 fully saturated rings. The minimum Gasteiger partial charge on any atom is -0.477 e. The van der Waals surface area contributed by atoms with Gasteiger partial charge < -0.3 is 9.53 Å². The summed E-state index contributed by atoms with van der Waals surface area (Å²) in [5.74, 6) is -0.787. The van der Waals surface area contributed by atoms with E-state index in [1.807, 2.05) is 25.1 Å². The fraction of sp³-hybridized carbons (Fsp3) is 0.571. The molecule has 30 heavy (non-hydrogen) atoms. The summed E-state index contributed by atoms with van der Waals surface area (Å²) in [5.41, 5.74) is 1.09. The summed E-state index contributed by atoms with van der Waals surface area (Å²) in [6.07, 6.45) is 2.26. The van der Waals surface area contributed by atoms with Gasteiger partial charge in [-0.3, -0.25) is 14.7 Å². The summed E-state index contributed by atoms with van der Waals surface area (Å²) in [6.45, 7) is 12.8. The number of carboxylic acids is 1. The Balaban J connectivity index is 1.68.